The van der Waals surface area contributed by atoms with Crippen LogP contribution in [0.1, 0.15) is 23.2 Å². The van der Waals surface area contributed by atoms with E-state index in [1.54, 1.807) is 13.3 Å². The molecule has 9 heteroatoms. The molecule has 0 bridgehead atoms. The zero-order valence-corrected chi connectivity index (χ0v) is 19.0. The number of anilines is 3. The highest BCUT2D eigenvalue weighted by atomic mass is 16.5. The third kappa shape index (κ3) is 6.24. The molecule has 4 rings (SSSR count). The second-order valence-corrected chi connectivity index (χ2v) is 7.94. The van der Waals surface area contributed by atoms with Gasteiger partial charge in [-0.15, -0.1) is 0 Å². The Kier molecular flexibility index (Phi) is 7.11. The molecule has 1 aliphatic rings. The molecule has 0 unspecified atom stereocenters. The fraction of sp³-hybridized carbons (Fsp3) is 0.333. The highest BCUT2D eigenvalue weighted by Crippen LogP contribution is 2.23. The first-order chi connectivity index (χ1) is 16.0. The number of aromatic nitrogens is 3. The van der Waals surface area contributed by atoms with Crippen molar-refractivity contribution in [2.24, 2.45) is 0 Å². The van der Waals surface area contributed by atoms with Crippen LogP contribution in [0.3, 0.4) is 0 Å². The van der Waals surface area contributed by atoms with Crippen LogP contribution in [-0.2, 0) is 9.53 Å². The molecule has 0 saturated carbocycles. The predicted molar refractivity (Wildman–Crippen MR) is 126 cm³/mol. The third-order valence-electron chi connectivity index (χ3n) is 5.25. The summed E-state index contributed by atoms with van der Waals surface area (Å²) in [5.74, 6) is 1.23. The van der Waals surface area contributed by atoms with E-state index in [9.17, 15) is 4.79 Å². The van der Waals surface area contributed by atoms with Gasteiger partial charge in [0, 0.05) is 30.2 Å². The van der Waals surface area contributed by atoms with Crippen molar-refractivity contribution in [3.05, 3.63) is 65.7 Å². The average Bonchev–Trinajstić information content (AvgIpc) is 2.79. The summed E-state index contributed by atoms with van der Waals surface area (Å²) in [6, 6.07) is 13.1. The first kappa shape index (κ1) is 22.6. The quantitative estimate of drug-likeness (QED) is 0.568. The Bertz CT molecular complexity index is 1070. The molecule has 2 N–H and O–H groups in total. The fourth-order valence-electron chi connectivity index (χ4n) is 3.68. The molecule has 9 nitrogen and oxygen atoms in total. The number of pyridine rings is 1. The normalized spacial score (nSPS) is 16.3. The number of carbonyl (C=O) groups is 1. The lowest BCUT2D eigenvalue weighted by molar-refractivity contribution is -0.119. The number of methoxy groups -OCH3 is 1. The number of aryl methyl sites for hydroxylation is 2. The topological polar surface area (TPSA) is 102 Å². The number of morpholine rings is 1. The van der Waals surface area contributed by atoms with E-state index in [4.69, 9.17) is 9.47 Å². The number of hydrogen-bond acceptors (Lipinski definition) is 8. The van der Waals surface area contributed by atoms with Crippen LogP contribution in [0.2, 0.25) is 0 Å². The largest absolute Gasteiger partial charge is 0.497 e. The van der Waals surface area contributed by atoms with E-state index in [0.717, 1.165) is 34.2 Å². The van der Waals surface area contributed by atoms with Crippen molar-refractivity contribution in [1.82, 2.24) is 19.9 Å². The maximum Gasteiger partial charge on any atom is 0.238 e. The van der Waals surface area contributed by atoms with E-state index in [0.29, 0.717) is 25.6 Å². The molecule has 0 radical (unpaired) electrons. The molecule has 1 saturated heterocycles. The highest BCUT2D eigenvalue weighted by molar-refractivity contribution is 5.92. The molecule has 33 heavy (non-hydrogen) atoms. The molecule has 1 aromatic carbocycles. The summed E-state index contributed by atoms with van der Waals surface area (Å²) < 4.78 is 11.1. The van der Waals surface area contributed by atoms with Gasteiger partial charge >= 0.3 is 0 Å². The van der Waals surface area contributed by atoms with Gasteiger partial charge in [0.05, 0.1) is 37.8 Å². The zero-order chi connectivity index (χ0) is 23.2. The monoisotopic (exact) mass is 448 g/mol. The lowest BCUT2D eigenvalue weighted by atomic mass is 10.2. The summed E-state index contributed by atoms with van der Waals surface area (Å²) in [4.78, 5) is 27.9. The van der Waals surface area contributed by atoms with E-state index in [2.05, 4.69) is 30.5 Å². The minimum Gasteiger partial charge on any atom is -0.497 e. The predicted octanol–water partition coefficient (Wildman–Crippen LogP) is 3.25. The van der Waals surface area contributed by atoms with Crippen LogP contribution in [0.25, 0.3) is 0 Å². The molecule has 1 fully saturated rings. The Morgan fingerprint density at radius 2 is 1.85 bits per heavy atom. The van der Waals surface area contributed by atoms with E-state index in [-0.39, 0.29) is 18.6 Å². The molecule has 0 spiro atoms. The van der Waals surface area contributed by atoms with Gasteiger partial charge in [0.1, 0.15) is 11.9 Å². The average molecular weight is 449 g/mol. The Morgan fingerprint density at radius 1 is 1.12 bits per heavy atom. The number of rotatable bonds is 7. The van der Waals surface area contributed by atoms with Crippen LogP contribution < -0.4 is 15.4 Å². The first-order valence-electron chi connectivity index (χ1n) is 10.8. The standard InChI is InChI=1S/C24H28N6O3/c1-16-12-17(2)27-24(26-16)29-19-6-9-21(25-13-19)22-14-30(10-11-33-22)15-23(31)28-18-4-7-20(32-3)8-5-18/h4-9,12-13,22H,10-11,14-15H2,1-3H3,(H,28,31)(H,26,27,29)/t22-/m0/s1. The minimum absolute atomic E-state index is 0.0678. The van der Waals surface area contributed by atoms with Crippen LogP contribution in [0, 0.1) is 13.8 Å². The van der Waals surface area contributed by atoms with E-state index >= 15 is 0 Å². The van der Waals surface area contributed by atoms with Crippen molar-refractivity contribution in [2.45, 2.75) is 20.0 Å². The maximum atomic E-state index is 12.5. The fourth-order valence-corrected chi connectivity index (χ4v) is 3.68. The molecule has 0 aliphatic carbocycles. The molecular formula is C24H28N6O3. The molecule has 3 aromatic rings. The summed E-state index contributed by atoms with van der Waals surface area (Å²) >= 11 is 0. The summed E-state index contributed by atoms with van der Waals surface area (Å²) in [6.07, 6.45) is 1.55. The molecule has 1 atom stereocenters. The summed E-state index contributed by atoms with van der Waals surface area (Å²) in [7, 11) is 1.61. The van der Waals surface area contributed by atoms with Gasteiger partial charge in [0.25, 0.3) is 0 Å². The first-order valence-corrected chi connectivity index (χ1v) is 10.8. The Labute approximate surface area is 193 Å². The number of nitrogens with one attached hydrogen (secondary N) is 2. The number of hydrogen-bond donors (Lipinski definition) is 2. The lowest BCUT2D eigenvalue weighted by Gasteiger charge is -2.32. The van der Waals surface area contributed by atoms with Gasteiger partial charge in [-0.05, 0) is 56.3 Å². The van der Waals surface area contributed by atoms with Crippen molar-refractivity contribution in [3.63, 3.8) is 0 Å². The lowest BCUT2D eigenvalue weighted by Crippen LogP contribution is -2.42. The smallest absolute Gasteiger partial charge is 0.238 e. The van der Waals surface area contributed by atoms with Gasteiger partial charge < -0.3 is 20.1 Å². The minimum atomic E-state index is -0.195. The summed E-state index contributed by atoms with van der Waals surface area (Å²) in [5.41, 5.74) is 4.17. The van der Waals surface area contributed by atoms with Crippen LogP contribution in [0.15, 0.2) is 48.7 Å². The van der Waals surface area contributed by atoms with Crippen molar-refractivity contribution >= 4 is 23.2 Å². The maximum absolute atomic E-state index is 12.5. The molecule has 1 aliphatic heterocycles. The van der Waals surface area contributed by atoms with Crippen LogP contribution in [0.5, 0.6) is 5.75 Å². The van der Waals surface area contributed by atoms with Crippen LogP contribution in [-0.4, -0.2) is 59.1 Å². The molecule has 2 aromatic heterocycles. The zero-order valence-electron chi connectivity index (χ0n) is 19.0. The van der Waals surface area contributed by atoms with E-state index in [1.165, 1.54) is 0 Å². The van der Waals surface area contributed by atoms with Crippen molar-refractivity contribution in [2.75, 3.05) is 44.0 Å². The van der Waals surface area contributed by atoms with Crippen molar-refractivity contribution < 1.29 is 14.3 Å². The van der Waals surface area contributed by atoms with Gasteiger partial charge in [0.15, 0.2) is 0 Å². The molecule has 1 amide bonds. The van der Waals surface area contributed by atoms with Gasteiger partial charge in [-0.25, -0.2) is 9.97 Å². The van der Waals surface area contributed by atoms with Crippen molar-refractivity contribution in [1.29, 1.82) is 0 Å². The van der Waals surface area contributed by atoms with E-state index in [1.807, 2.05) is 56.3 Å². The summed E-state index contributed by atoms with van der Waals surface area (Å²) in [6.45, 7) is 5.98. The summed E-state index contributed by atoms with van der Waals surface area (Å²) in [5, 5.41) is 6.11. The number of benzene rings is 1. The Morgan fingerprint density at radius 3 is 2.52 bits per heavy atom. The van der Waals surface area contributed by atoms with Crippen LogP contribution >= 0.6 is 0 Å². The van der Waals surface area contributed by atoms with Gasteiger partial charge in [-0.3, -0.25) is 14.7 Å². The SMILES string of the molecule is COc1ccc(NC(=O)CN2CCO[C@H](c3ccc(Nc4nc(C)cc(C)n4)cn3)C2)cc1. The van der Waals surface area contributed by atoms with Crippen molar-refractivity contribution in [3.8, 4) is 5.75 Å². The second kappa shape index (κ2) is 10.4. The second-order valence-electron chi connectivity index (χ2n) is 7.94. The van der Waals surface area contributed by atoms with Gasteiger partial charge in [-0.1, -0.05) is 0 Å². The van der Waals surface area contributed by atoms with E-state index < -0.39 is 0 Å². The Hall–Kier alpha value is -3.56. The number of carbonyl (C=O) groups excluding carboxylic acids is 1. The van der Waals surface area contributed by atoms with Gasteiger partial charge in [-0.2, -0.15) is 0 Å². The number of ether oxygens (including phenoxy) is 2. The highest BCUT2D eigenvalue weighted by Gasteiger charge is 2.24. The van der Waals surface area contributed by atoms with Crippen LogP contribution in [0.4, 0.5) is 17.3 Å². The number of nitrogens with zero attached hydrogens (tertiary/aromatic N) is 4. The molecular weight excluding hydrogens is 420 g/mol. The molecule has 172 valence electrons. The third-order valence-corrected chi connectivity index (χ3v) is 5.25. The van der Waals surface area contributed by atoms with Gasteiger partial charge in [0.2, 0.25) is 11.9 Å². The number of amides is 1. The molecule has 3 heterocycles. The Balaban J connectivity index is 1.32.